The maximum atomic E-state index is 13.6. The lowest BCUT2D eigenvalue weighted by Crippen LogP contribution is -2.52. The number of hydrogen-bond acceptors (Lipinski definition) is 4. The van der Waals surface area contributed by atoms with Gasteiger partial charge in [0, 0.05) is 24.2 Å². The van der Waals surface area contributed by atoms with Crippen molar-refractivity contribution in [1.82, 2.24) is 20.6 Å². The van der Waals surface area contributed by atoms with E-state index in [4.69, 9.17) is 0 Å². The van der Waals surface area contributed by atoms with Crippen LogP contribution in [0.15, 0.2) is 73.2 Å². The summed E-state index contributed by atoms with van der Waals surface area (Å²) >= 11 is 0. The Labute approximate surface area is 232 Å². The van der Waals surface area contributed by atoms with Gasteiger partial charge >= 0.3 is 0 Å². The van der Waals surface area contributed by atoms with Crippen LogP contribution in [-0.2, 0) is 33.6 Å². The highest BCUT2D eigenvalue weighted by Gasteiger charge is 2.28. The van der Waals surface area contributed by atoms with Gasteiger partial charge in [0.25, 0.3) is 0 Å². The second-order valence-corrected chi connectivity index (χ2v) is 10.7. The zero-order chi connectivity index (χ0) is 27.9. The van der Waals surface area contributed by atoms with Gasteiger partial charge in [-0.15, -0.1) is 0 Å². The van der Waals surface area contributed by atoms with Crippen molar-refractivity contribution in [2.45, 2.75) is 77.3 Å². The minimum atomic E-state index is -0.816. The molecule has 0 aliphatic heterocycles. The van der Waals surface area contributed by atoms with Crippen molar-refractivity contribution in [2.24, 2.45) is 11.8 Å². The molecule has 0 spiro atoms. The molecule has 0 bridgehead atoms. The number of amides is 2. The van der Waals surface area contributed by atoms with E-state index in [1.807, 2.05) is 50.2 Å². The van der Waals surface area contributed by atoms with Crippen LogP contribution in [0.5, 0.6) is 0 Å². The predicted molar refractivity (Wildman–Crippen MR) is 154 cm³/mol. The Kier molecular flexibility index (Phi) is 12.4. The Morgan fingerprint density at radius 3 is 2.18 bits per heavy atom. The molecule has 7 nitrogen and oxygen atoms in total. The number of benzene rings is 2. The number of aromatic amines is 1. The Morgan fingerprint density at radius 1 is 0.872 bits per heavy atom. The first-order valence-electron chi connectivity index (χ1n) is 14.1. The van der Waals surface area contributed by atoms with Crippen LogP contribution >= 0.6 is 0 Å². The lowest BCUT2D eigenvalue weighted by molar-refractivity contribution is -0.132. The van der Waals surface area contributed by atoms with Gasteiger partial charge in [-0.1, -0.05) is 87.4 Å². The van der Waals surface area contributed by atoms with Gasteiger partial charge in [0.05, 0.1) is 12.4 Å². The number of unbranched alkanes of at least 4 members (excludes halogenated alkanes) is 2. The lowest BCUT2D eigenvalue weighted by atomic mass is 9.92. The minimum absolute atomic E-state index is 0.145. The minimum Gasteiger partial charge on any atom is -0.348 e. The van der Waals surface area contributed by atoms with E-state index in [0.29, 0.717) is 12.8 Å². The summed E-state index contributed by atoms with van der Waals surface area (Å²) in [6.07, 6.45) is 10.2. The van der Waals surface area contributed by atoms with Gasteiger partial charge in [-0.05, 0) is 49.1 Å². The molecule has 0 aliphatic carbocycles. The number of imidazole rings is 1. The summed E-state index contributed by atoms with van der Waals surface area (Å²) in [5.41, 5.74) is 3.16. The first kappa shape index (κ1) is 29.8. The van der Waals surface area contributed by atoms with Crippen LogP contribution in [0, 0.1) is 11.8 Å². The normalized spacial score (nSPS) is 13.4. The number of nitrogens with zero attached hydrogens (tertiary/aromatic N) is 1. The number of carbonyl (C=O) groups is 3. The fourth-order valence-electron chi connectivity index (χ4n) is 4.82. The maximum Gasteiger partial charge on any atom is 0.243 e. The zero-order valence-electron chi connectivity index (χ0n) is 23.1. The molecule has 1 aromatic heterocycles. The van der Waals surface area contributed by atoms with Gasteiger partial charge < -0.3 is 20.4 Å². The Bertz CT molecular complexity index is 1120. The molecule has 3 N–H and O–H groups in total. The number of carbonyl (C=O) groups excluding carboxylic acids is 3. The summed E-state index contributed by atoms with van der Waals surface area (Å²) in [6, 6.07) is 19.0. The smallest absolute Gasteiger partial charge is 0.243 e. The van der Waals surface area contributed by atoms with E-state index in [1.165, 1.54) is 5.56 Å². The molecule has 7 heteroatoms. The fraction of sp³-hybridized carbons (Fsp3) is 0.438. The highest BCUT2D eigenvalue weighted by molar-refractivity contribution is 5.90. The van der Waals surface area contributed by atoms with Crippen molar-refractivity contribution >= 4 is 18.1 Å². The van der Waals surface area contributed by atoms with Gasteiger partial charge in [0.2, 0.25) is 11.8 Å². The van der Waals surface area contributed by atoms with Crippen LogP contribution in [-0.4, -0.2) is 40.2 Å². The fourth-order valence-corrected chi connectivity index (χ4v) is 4.82. The second kappa shape index (κ2) is 16.3. The first-order valence-corrected chi connectivity index (χ1v) is 14.1. The maximum absolute atomic E-state index is 13.6. The van der Waals surface area contributed by atoms with E-state index >= 15 is 0 Å². The molecule has 1 heterocycles. The van der Waals surface area contributed by atoms with E-state index in [0.717, 1.165) is 49.6 Å². The van der Waals surface area contributed by atoms with Crippen LogP contribution < -0.4 is 10.6 Å². The van der Waals surface area contributed by atoms with Gasteiger partial charge in [-0.2, -0.15) is 0 Å². The van der Waals surface area contributed by atoms with Gasteiger partial charge in [-0.25, -0.2) is 4.98 Å². The van der Waals surface area contributed by atoms with Gasteiger partial charge in [0.15, 0.2) is 0 Å². The molecular formula is C32H42N4O3. The summed E-state index contributed by atoms with van der Waals surface area (Å²) in [6.45, 7) is 4.00. The average molecular weight is 531 g/mol. The van der Waals surface area contributed by atoms with Crippen LogP contribution in [0.2, 0.25) is 0 Å². The third-order valence-electron chi connectivity index (χ3n) is 6.89. The van der Waals surface area contributed by atoms with Gasteiger partial charge in [-0.3, -0.25) is 9.59 Å². The molecule has 2 amide bonds. The van der Waals surface area contributed by atoms with E-state index in [9.17, 15) is 14.4 Å². The molecule has 2 aromatic carbocycles. The summed E-state index contributed by atoms with van der Waals surface area (Å²) in [5, 5.41) is 5.83. The first-order chi connectivity index (χ1) is 18.9. The quantitative estimate of drug-likeness (QED) is 0.172. The van der Waals surface area contributed by atoms with Crippen LogP contribution in [0.25, 0.3) is 0 Å². The third kappa shape index (κ3) is 10.9. The largest absolute Gasteiger partial charge is 0.348 e. The number of rotatable bonds is 17. The molecular weight excluding hydrogens is 488 g/mol. The van der Waals surface area contributed by atoms with Crippen molar-refractivity contribution < 1.29 is 14.4 Å². The molecule has 0 radical (unpaired) electrons. The SMILES string of the molecule is CC(C)C[C@@H](C=O)NC(=O)[C@H](Cc1cnc[nH]1)NC(=O)C(CCCCCc1ccccc1)Cc1ccccc1. The number of H-pyrrole nitrogens is 1. The molecule has 3 atom stereocenters. The van der Waals surface area contributed by atoms with Crippen LogP contribution in [0.4, 0.5) is 0 Å². The molecule has 3 rings (SSSR count). The molecule has 0 saturated carbocycles. The second-order valence-electron chi connectivity index (χ2n) is 10.7. The molecule has 208 valence electrons. The Morgan fingerprint density at radius 2 is 1.56 bits per heavy atom. The molecule has 0 saturated heterocycles. The van der Waals surface area contributed by atoms with E-state index in [2.05, 4.69) is 44.9 Å². The zero-order valence-corrected chi connectivity index (χ0v) is 23.1. The predicted octanol–water partition coefficient (Wildman–Crippen LogP) is 4.83. The Balaban J connectivity index is 1.66. The van der Waals surface area contributed by atoms with Crippen molar-refractivity contribution in [3.8, 4) is 0 Å². The summed E-state index contributed by atoms with van der Waals surface area (Å²) in [4.78, 5) is 45.5. The highest BCUT2D eigenvalue weighted by atomic mass is 16.2. The standard InChI is InChI=1S/C32H42N4O3/c1-24(2)18-29(22-37)35-32(39)30(20-28-21-33-23-34-28)36-31(38)27(19-26-15-9-4-10-16-26)17-11-5-8-14-25-12-6-3-7-13-25/h3-4,6-7,9-10,12-13,15-16,21-24,27,29-30H,5,8,11,14,17-20H2,1-2H3,(H,33,34)(H,35,39)(H,36,38)/t27?,29-,30-/m0/s1. The molecule has 0 aliphatic rings. The Hall–Kier alpha value is -3.74. The van der Waals surface area contributed by atoms with E-state index in [-0.39, 0.29) is 30.1 Å². The monoisotopic (exact) mass is 530 g/mol. The summed E-state index contributed by atoms with van der Waals surface area (Å²) in [5.74, 6) is -0.526. The number of nitrogens with one attached hydrogen (secondary N) is 3. The average Bonchev–Trinajstić information content (AvgIpc) is 3.45. The van der Waals surface area contributed by atoms with Crippen molar-refractivity contribution in [3.63, 3.8) is 0 Å². The van der Waals surface area contributed by atoms with E-state index in [1.54, 1.807) is 12.5 Å². The number of hydrogen-bond donors (Lipinski definition) is 3. The molecule has 0 fully saturated rings. The van der Waals surface area contributed by atoms with E-state index < -0.39 is 12.1 Å². The number of aryl methyl sites for hydroxylation is 1. The summed E-state index contributed by atoms with van der Waals surface area (Å²) < 4.78 is 0. The summed E-state index contributed by atoms with van der Waals surface area (Å²) in [7, 11) is 0. The van der Waals surface area contributed by atoms with Crippen LogP contribution in [0.3, 0.4) is 0 Å². The number of aldehydes is 1. The molecule has 39 heavy (non-hydrogen) atoms. The topological polar surface area (TPSA) is 104 Å². The highest BCUT2D eigenvalue weighted by Crippen LogP contribution is 2.18. The molecule has 3 aromatic rings. The van der Waals surface area contributed by atoms with Gasteiger partial charge in [0.1, 0.15) is 12.3 Å². The van der Waals surface area contributed by atoms with Crippen molar-refractivity contribution in [2.75, 3.05) is 0 Å². The van der Waals surface area contributed by atoms with Crippen molar-refractivity contribution in [1.29, 1.82) is 0 Å². The molecule has 1 unspecified atom stereocenters. The van der Waals surface area contributed by atoms with Crippen molar-refractivity contribution in [3.05, 3.63) is 90.0 Å². The number of aromatic nitrogens is 2. The third-order valence-corrected chi connectivity index (χ3v) is 6.89. The van der Waals surface area contributed by atoms with Crippen LogP contribution in [0.1, 0.15) is 62.8 Å². The lowest BCUT2D eigenvalue weighted by Gasteiger charge is -2.24.